The molecule has 1 aromatic heterocycles. The summed E-state index contributed by atoms with van der Waals surface area (Å²) in [6, 6.07) is 7.34. The lowest BCUT2D eigenvalue weighted by Gasteiger charge is -2.00. The number of thiazole rings is 1. The Kier molecular flexibility index (Phi) is 6.82. The number of benzene rings is 1. The second-order valence-corrected chi connectivity index (χ2v) is 5.23. The first kappa shape index (κ1) is 16.4. The molecule has 1 aromatic carbocycles. The van der Waals surface area contributed by atoms with E-state index in [9.17, 15) is 0 Å². The molecule has 0 unspecified atom stereocenters. The second kappa shape index (κ2) is 9.14. The molecule has 0 saturated carbocycles. The molecule has 2 rings (SSSR count). The lowest BCUT2D eigenvalue weighted by molar-refractivity contribution is 0.0913. The number of nitrogens with zero attached hydrogens (tertiary/aromatic N) is 4. The molecule has 0 bridgehead atoms. The van der Waals surface area contributed by atoms with Gasteiger partial charge >= 0.3 is 0 Å². The lowest BCUT2D eigenvalue weighted by atomic mass is 10.3. The summed E-state index contributed by atoms with van der Waals surface area (Å²) in [5.41, 5.74) is 2.42. The Morgan fingerprint density at radius 1 is 1.14 bits per heavy atom. The summed E-state index contributed by atoms with van der Waals surface area (Å²) in [4.78, 5) is 8.18. The van der Waals surface area contributed by atoms with Gasteiger partial charge < -0.3 is 9.47 Å². The number of azo groups is 1. The van der Waals surface area contributed by atoms with Crippen LogP contribution in [0.4, 0.5) is 16.5 Å². The van der Waals surface area contributed by atoms with E-state index in [2.05, 4.69) is 26.9 Å². The van der Waals surface area contributed by atoms with Crippen molar-refractivity contribution < 1.29 is 9.47 Å². The molecule has 6 nitrogen and oxygen atoms in total. The van der Waals surface area contributed by atoms with Crippen molar-refractivity contribution in [1.29, 1.82) is 0 Å². The zero-order valence-corrected chi connectivity index (χ0v) is 13.3. The summed E-state index contributed by atoms with van der Waals surface area (Å²) in [5, 5.41) is 10.8. The van der Waals surface area contributed by atoms with Crippen LogP contribution in [-0.2, 0) is 16.1 Å². The van der Waals surface area contributed by atoms with Gasteiger partial charge in [-0.1, -0.05) is 0 Å². The lowest BCUT2D eigenvalue weighted by Crippen LogP contribution is -1.99. The highest BCUT2D eigenvalue weighted by atomic mass is 32.1. The van der Waals surface area contributed by atoms with Gasteiger partial charge in [-0.3, -0.25) is 4.99 Å². The van der Waals surface area contributed by atoms with E-state index in [0.29, 0.717) is 25.0 Å². The fourth-order valence-corrected chi connectivity index (χ4v) is 2.24. The van der Waals surface area contributed by atoms with Crippen LogP contribution in [0.2, 0.25) is 0 Å². The monoisotopic (exact) mass is 318 g/mol. The maximum atomic E-state index is 5.50. The van der Waals surface area contributed by atoms with Crippen molar-refractivity contribution in [1.82, 2.24) is 4.98 Å². The van der Waals surface area contributed by atoms with E-state index < -0.39 is 0 Å². The topological polar surface area (TPSA) is 68.4 Å². The highest BCUT2D eigenvalue weighted by Gasteiger charge is 2.01. The molecule has 1 heterocycles. The summed E-state index contributed by atoms with van der Waals surface area (Å²) in [6.07, 6.45) is 0.878. The van der Waals surface area contributed by atoms with Crippen molar-refractivity contribution in [2.75, 3.05) is 20.3 Å². The number of methoxy groups -OCH3 is 1. The molecule has 0 atom stereocenters. The van der Waals surface area contributed by atoms with Crippen molar-refractivity contribution in [2.24, 2.45) is 15.2 Å². The molecule has 0 aliphatic rings. The Labute approximate surface area is 133 Å². The summed E-state index contributed by atoms with van der Waals surface area (Å²) in [6.45, 7) is 5.31. The molecular formula is C15H18N4O2S. The van der Waals surface area contributed by atoms with Crippen LogP contribution in [-0.4, -0.2) is 32.0 Å². The highest BCUT2D eigenvalue weighted by molar-refractivity contribution is 7.13. The Hall–Kier alpha value is -1.96. The minimum absolute atomic E-state index is 0.482. The first-order valence-corrected chi connectivity index (χ1v) is 7.69. The SMILES string of the molecule is C=Nc1ccc(/N=N/c2nc(COCCCOC)cs2)cc1. The largest absolute Gasteiger partial charge is 0.385 e. The van der Waals surface area contributed by atoms with E-state index in [4.69, 9.17) is 9.47 Å². The van der Waals surface area contributed by atoms with Crippen LogP contribution in [0.3, 0.4) is 0 Å². The molecule has 0 fully saturated rings. The van der Waals surface area contributed by atoms with Crippen LogP contribution in [0.15, 0.2) is 44.9 Å². The van der Waals surface area contributed by atoms with Crippen LogP contribution in [0.25, 0.3) is 0 Å². The molecule has 22 heavy (non-hydrogen) atoms. The third kappa shape index (κ3) is 5.44. The van der Waals surface area contributed by atoms with Gasteiger partial charge in [0.25, 0.3) is 0 Å². The van der Waals surface area contributed by atoms with E-state index in [1.54, 1.807) is 7.11 Å². The smallest absolute Gasteiger partial charge is 0.230 e. The number of aliphatic imine (C=N–C) groups is 1. The number of hydrogen-bond acceptors (Lipinski definition) is 7. The number of rotatable bonds is 9. The van der Waals surface area contributed by atoms with Crippen LogP contribution in [0.1, 0.15) is 12.1 Å². The Bertz CT molecular complexity index is 610. The summed E-state index contributed by atoms with van der Waals surface area (Å²) >= 11 is 1.44. The van der Waals surface area contributed by atoms with E-state index in [1.165, 1.54) is 11.3 Å². The Morgan fingerprint density at radius 2 is 1.91 bits per heavy atom. The first-order chi connectivity index (χ1) is 10.8. The molecule has 2 aromatic rings. The zero-order chi connectivity index (χ0) is 15.6. The average molecular weight is 318 g/mol. The molecular weight excluding hydrogens is 300 g/mol. The van der Waals surface area contributed by atoms with Gasteiger partial charge in [0, 0.05) is 25.7 Å². The van der Waals surface area contributed by atoms with Gasteiger partial charge in [0.05, 0.1) is 23.7 Å². The molecule has 0 spiro atoms. The quantitative estimate of drug-likeness (QED) is 0.390. The van der Waals surface area contributed by atoms with E-state index in [1.807, 2.05) is 29.6 Å². The molecule has 7 heteroatoms. The van der Waals surface area contributed by atoms with Gasteiger partial charge in [-0.2, -0.15) is 0 Å². The minimum atomic E-state index is 0.482. The predicted octanol–water partition coefficient (Wildman–Crippen LogP) is 4.44. The molecule has 0 saturated heterocycles. The molecule has 0 radical (unpaired) electrons. The fourth-order valence-electron chi connectivity index (χ4n) is 1.62. The third-order valence-corrected chi connectivity index (χ3v) is 3.48. The van der Waals surface area contributed by atoms with Crippen molar-refractivity contribution in [2.45, 2.75) is 13.0 Å². The predicted molar refractivity (Wildman–Crippen MR) is 88.1 cm³/mol. The van der Waals surface area contributed by atoms with Gasteiger partial charge in [0.2, 0.25) is 5.13 Å². The first-order valence-electron chi connectivity index (χ1n) is 6.81. The van der Waals surface area contributed by atoms with Crippen LogP contribution in [0.5, 0.6) is 0 Å². The maximum absolute atomic E-state index is 5.50. The molecule has 0 N–H and O–H groups in total. The highest BCUT2D eigenvalue weighted by Crippen LogP contribution is 2.24. The second-order valence-electron chi connectivity index (χ2n) is 4.39. The van der Waals surface area contributed by atoms with Gasteiger partial charge in [-0.05, 0) is 37.4 Å². The van der Waals surface area contributed by atoms with Crippen molar-refractivity contribution in [3.8, 4) is 0 Å². The average Bonchev–Trinajstić information content (AvgIpc) is 3.01. The van der Waals surface area contributed by atoms with Gasteiger partial charge in [0.1, 0.15) is 0 Å². The zero-order valence-electron chi connectivity index (χ0n) is 12.4. The minimum Gasteiger partial charge on any atom is -0.385 e. The van der Waals surface area contributed by atoms with E-state index >= 15 is 0 Å². The van der Waals surface area contributed by atoms with Gasteiger partial charge in [-0.15, -0.1) is 21.6 Å². The van der Waals surface area contributed by atoms with Gasteiger partial charge in [0.15, 0.2) is 0 Å². The van der Waals surface area contributed by atoms with Crippen molar-refractivity contribution >= 4 is 34.6 Å². The number of aromatic nitrogens is 1. The van der Waals surface area contributed by atoms with Crippen LogP contribution in [0, 0.1) is 0 Å². The maximum Gasteiger partial charge on any atom is 0.230 e. The van der Waals surface area contributed by atoms with E-state index in [-0.39, 0.29) is 0 Å². The summed E-state index contributed by atoms with van der Waals surface area (Å²) in [5.74, 6) is 0. The van der Waals surface area contributed by atoms with Crippen LogP contribution < -0.4 is 0 Å². The molecule has 0 amide bonds. The standard InChI is InChI=1S/C15H18N4O2S/c1-16-12-4-6-13(7-5-12)18-19-15-17-14(11-22-15)10-21-9-3-8-20-2/h4-7,11H,1,3,8-10H2,2H3/b19-18+. The number of hydrogen-bond donors (Lipinski definition) is 0. The summed E-state index contributed by atoms with van der Waals surface area (Å²) in [7, 11) is 1.68. The van der Waals surface area contributed by atoms with E-state index in [0.717, 1.165) is 23.5 Å². The Morgan fingerprint density at radius 3 is 2.64 bits per heavy atom. The number of ether oxygens (including phenoxy) is 2. The fraction of sp³-hybridized carbons (Fsp3) is 0.333. The van der Waals surface area contributed by atoms with Crippen molar-refractivity contribution in [3.63, 3.8) is 0 Å². The Balaban J connectivity index is 1.82. The molecule has 0 aliphatic carbocycles. The molecule has 116 valence electrons. The van der Waals surface area contributed by atoms with Crippen molar-refractivity contribution in [3.05, 3.63) is 35.3 Å². The third-order valence-electron chi connectivity index (χ3n) is 2.71. The van der Waals surface area contributed by atoms with Gasteiger partial charge in [-0.25, -0.2) is 4.98 Å². The molecule has 0 aliphatic heterocycles. The van der Waals surface area contributed by atoms with Crippen LogP contribution >= 0.6 is 11.3 Å². The normalized spacial score (nSPS) is 11.1. The summed E-state index contributed by atoms with van der Waals surface area (Å²) < 4.78 is 10.5.